The van der Waals surface area contributed by atoms with Crippen molar-refractivity contribution >= 4 is 0 Å². The summed E-state index contributed by atoms with van der Waals surface area (Å²) in [4.78, 5) is 2.44. The summed E-state index contributed by atoms with van der Waals surface area (Å²) in [5.74, 6) is 0. The molecule has 0 atom stereocenters. The lowest BCUT2D eigenvalue weighted by Gasteiger charge is -2.17. The van der Waals surface area contributed by atoms with Crippen LogP contribution in [0.25, 0.3) is 0 Å². The first-order valence-electron chi connectivity index (χ1n) is 8.17. The normalized spacial score (nSPS) is 11.2. The zero-order valence-corrected chi connectivity index (χ0v) is 13.6. The van der Waals surface area contributed by atoms with Crippen LogP contribution in [0.4, 0.5) is 0 Å². The van der Waals surface area contributed by atoms with E-state index in [-0.39, 0.29) is 0 Å². The maximum Gasteiger partial charge on any atom is 0.0233 e. The van der Waals surface area contributed by atoms with Gasteiger partial charge in [0.15, 0.2) is 0 Å². The largest absolute Gasteiger partial charge is 0.317 e. The second-order valence-electron chi connectivity index (χ2n) is 5.83. The molecule has 0 saturated heterocycles. The Bertz CT molecular complexity index is 349. The molecule has 0 amide bonds. The maximum absolute atomic E-state index is 3.46. The van der Waals surface area contributed by atoms with Crippen LogP contribution in [0.15, 0.2) is 24.3 Å². The van der Waals surface area contributed by atoms with Gasteiger partial charge < -0.3 is 10.2 Å². The summed E-state index contributed by atoms with van der Waals surface area (Å²) in [7, 11) is 2.23. The second kappa shape index (κ2) is 10.9. The van der Waals surface area contributed by atoms with Crippen LogP contribution >= 0.6 is 0 Å². The quantitative estimate of drug-likeness (QED) is 0.615. The summed E-state index contributed by atoms with van der Waals surface area (Å²) in [5, 5.41) is 3.46. The van der Waals surface area contributed by atoms with E-state index in [4.69, 9.17) is 0 Å². The van der Waals surface area contributed by atoms with Gasteiger partial charge >= 0.3 is 0 Å². The van der Waals surface area contributed by atoms with E-state index < -0.39 is 0 Å². The van der Waals surface area contributed by atoms with E-state index in [0.29, 0.717) is 0 Å². The Hall–Kier alpha value is -0.860. The van der Waals surface area contributed by atoms with Gasteiger partial charge in [-0.1, -0.05) is 44.0 Å². The SMILES string of the molecule is CCCNCCCCCCN(C)Cc1ccccc1C. The molecule has 1 aromatic rings. The average Bonchev–Trinajstić information content (AvgIpc) is 2.44. The van der Waals surface area contributed by atoms with Gasteiger partial charge in [-0.3, -0.25) is 0 Å². The minimum atomic E-state index is 1.07. The second-order valence-corrected chi connectivity index (χ2v) is 5.83. The fraction of sp³-hybridized carbons (Fsp3) is 0.667. The standard InChI is InChI=1S/C18H32N2/c1-4-13-19-14-9-5-6-10-15-20(3)16-18-12-8-7-11-17(18)2/h7-8,11-12,19H,4-6,9-10,13-16H2,1-3H3. The average molecular weight is 276 g/mol. The van der Waals surface area contributed by atoms with E-state index in [1.807, 2.05) is 0 Å². The van der Waals surface area contributed by atoms with Crippen LogP contribution in [0.2, 0.25) is 0 Å². The Labute approximate surface area is 125 Å². The fourth-order valence-corrected chi connectivity index (χ4v) is 2.44. The molecule has 0 saturated carbocycles. The topological polar surface area (TPSA) is 15.3 Å². The molecule has 0 bridgehead atoms. The number of hydrogen-bond acceptors (Lipinski definition) is 2. The molecular weight excluding hydrogens is 244 g/mol. The summed E-state index contributed by atoms with van der Waals surface area (Å²) in [6.07, 6.45) is 6.59. The van der Waals surface area contributed by atoms with Crippen LogP contribution in [0.3, 0.4) is 0 Å². The Morgan fingerprint density at radius 2 is 1.75 bits per heavy atom. The Morgan fingerprint density at radius 1 is 1.00 bits per heavy atom. The van der Waals surface area contributed by atoms with Crippen LogP contribution in [-0.4, -0.2) is 31.6 Å². The predicted octanol–water partition coefficient (Wildman–Crippen LogP) is 3.99. The molecule has 0 unspecified atom stereocenters. The van der Waals surface area contributed by atoms with E-state index in [2.05, 4.69) is 55.4 Å². The van der Waals surface area contributed by atoms with Gasteiger partial charge in [-0.2, -0.15) is 0 Å². The van der Waals surface area contributed by atoms with Gasteiger partial charge in [0.1, 0.15) is 0 Å². The monoisotopic (exact) mass is 276 g/mol. The van der Waals surface area contributed by atoms with Gasteiger partial charge in [0.25, 0.3) is 0 Å². The van der Waals surface area contributed by atoms with Gasteiger partial charge in [0.05, 0.1) is 0 Å². The number of rotatable bonds is 11. The smallest absolute Gasteiger partial charge is 0.0233 e. The van der Waals surface area contributed by atoms with E-state index >= 15 is 0 Å². The summed E-state index contributed by atoms with van der Waals surface area (Å²) in [5.41, 5.74) is 2.86. The molecule has 0 heterocycles. The minimum absolute atomic E-state index is 1.07. The molecule has 1 aromatic carbocycles. The van der Waals surface area contributed by atoms with E-state index in [9.17, 15) is 0 Å². The molecule has 1 rings (SSSR count). The summed E-state index contributed by atoms with van der Waals surface area (Å²) in [6.45, 7) is 9.05. The number of hydrogen-bond donors (Lipinski definition) is 1. The molecule has 0 fully saturated rings. The van der Waals surface area contributed by atoms with Crippen molar-refractivity contribution in [3.8, 4) is 0 Å². The molecule has 0 radical (unpaired) electrons. The Kier molecular flexibility index (Phi) is 9.35. The molecule has 2 heteroatoms. The van der Waals surface area contributed by atoms with Gasteiger partial charge in [-0.25, -0.2) is 0 Å². The predicted molar refractivity (Wildman–Crippen MR) is 89.1 cm³/mol. The third-order valence-electron chi connectivity index (χ3n) is 3.77. The van der Waals surface area contributed by atoms with Crippen molar-refractivity contribution in [1.82, 2.24) is 10.2 Å². The summed E-state index contributed by atoms with van der Waals surface area (Å²) >= 11 is 0. The molecular formula is C18H32N2. The molecule has 0 aliphatic carbocycles. The highest BCUT2D eigenvalue weighted by Crippen LogP contribution is 2.10. The lowest BCUT2D eigenvalue weighted by molar-refractivity contribution is 0.316. The van der Waals surface area contributed by atoms with Crippen molar-refractivity contribution in [3.05, 3.63) is 35.4 Å². The lowest BCUT2D eigenvalue weighted by Crippen LogP contribution is -2.19. The van der Waals surface area contributed by atoms with E-state index in [1.54, 1.807) is 0 Å². The number of aryl methyl sites for hydroxylation is 1. The molecule has 2 nitrogen and oxygen atoms in total. The first-order valence-corrected chi connectivity index (χ1v) is 8.17. The zero-order chi connectivity index (χ0) is 14.6. The van der Waals surface area contributed by atoms with Crippen molar-refractivity contribution in [1.29, 1.82) is 0 Å². The third-order valence-corrected chi connectivity index (χ3v) is 3.77. The Morgan fingerprint density at radius 3 is 2.50 bits per heavy atom. The minimum Gasteiger partial charge on any atom is -0.317 e. The van der Waals surface area contributed by atoms with E-state index in [0.717, 1.165) is 6.54 Å². The van der Waals surface area contributed by atoms with E-state index in [1.165, 1.54) is 62.9 Å². The third kappa shape index (κ3) is 7.66. The van der Waals surface area contributed by atoms with Gasteiger partial charge in [-0.05, 0) is 64.0 Å². The molecule has 20 heavy (non-hydrogen) atoms. The van der Waals surface area contributed by atoms with Crippen LogP contribution in [0, 0.1) is 6.92 Å². The van der Waals surface area contributed by atoms with Crippen LogP contribution in [-0.2, 0) is 6.54 Å². The fourth-order valence-electron chi connectivity index (χ4n) is 2.44. The molecule has 0 aliphatic heterocycles. The van der Waals surface area contributed by atoms with Gasteiger partial charge in [0.2, 0.25) is 0 Å². The van der Waals surface area contributed by atoms with Gasteiger partial charge in [0, 0.05) is 6.54 Å². The summed E-state index contributed by atoms with van der Waals surface area (Å²) < 4.78 is 0. The highest BCUT2D eigenvalue weighted by Gasteiger charge is 2.02. The van der Waals surface area contributed by atoms with Gasteiger partial charge in [-0.15, -0.1) is 0 Å². The first kappa shape index (κ1) is 17.2. The van der Waals surface area contributed by atoms with Crippen molar-refractivity contribution in [2.75, 3.05) is 26.7 Å². The molecule has 114 valence electrons. The highest BCUT2D eigenvalue weighted by atomic mass is 15.1. The zero-order valence-electron chi connectivity index (χ0n) is 13.6. The molecule has 0 aliphatic rings. The summed E-state index contributed by atoms with van der Waals surface area (Å²) in [6, 6.07) is 8.70. The number of nitrogens with one attached hydrogen (secondary N) is 1. The van der Waals surface area contributed by atoms with Crippen LogP contribution in [0.5, 0.6) is 0 Å². The maximum atomic E-state index is 3.46. The number of nitrogens with zero attached hydrogens (tertiary/aromatic N) is 1. The van der Waals surface area contributed by atoms with Crippen molar-refractivity contribution in [2.45, 2.75) is 52.5 Å². The van der Waals surface area contributed by atoms with Crippen LogP contribution < -0.4 is 5.32 Å². The molecule has 0 spiro atoms. The van der Waals surface area contributed by atoms with Crippen LogP contribution in [0.1, 0.15) is 50.2 Å². The highest BCUT2D eigenvalue weighted by molar-refractivity contribution is 5.25. The number of unbranched alkanes of at least 4 members (excludes halogenated alkanes) is 3. The van der Waals surface area contributed by atoms with Crippen molar-refractivity contribution in [3.63, 3.8) is 0 Å². The Balaban J connectivity index is 2.03. The first-order chi connectivity index (χ1) is 9.74. The number of benzene rings is 1. The molecule has 0 aromatic heterocycles. The molecule has 1 N–H and O–H groups in total. The van der Waals surface area contributed by atoms with Crippen molar-refractivity contribution < 1.29 is 0 Å². The van der Waals surface area contributed by atoms with Crippen molar-refractivity contribution in [2.24, 2.45) is 0 Å². The lowest BCUT2D eigenvalue weighted by atomic mass is 10.1.